The molecule has 1 aliphatic rings. The molecule has 0 radical (unpaired) electrons. The minimum atomic E-state index is 0.605. The molecule has 2 rings (SSSR count). The van der Waals surface area contributed by atoms with Crippen LogP contribution in [0.5, 0.6) is 0 Å². The van der Waals surface area contributed by atoms with Gasteiger partial charge in [0.15, 0.2) is 0 Å². The number of hydrogen-bond acceptors (Lipinski definition) is 4. The number of nitrogens with one attached hydrogen (secondary N) is 1. The van der Waals surface area contributed by atoms with Crippen LogP contribution in [0, 0.1) is 0 Å². The Bertz CT molecular complexity index is 303. The Hall–Kier alpha value is -1.16. The van der Waals surface area contributed by atoms with Crippen molar-refractivity contribution in [2.45, 2.75) is 38.0 Å². The molecule has 0 aliphatic heterocycles. The second-order valence-electron chi connectivity index (χ2n) is 4.39. The molecule has 1 aliphatic carbocycles. The number of anilines is 1. The van der Waals surface area contributed by atoms with Crippen LogP contribution in [0.25, 0.3) is 0 Å². The first-order chi connectivity index (χ1) is 7.90. The standard InChI is InChI=1S/C12H20N4/c13-6-7-14-12-15-8-11(9-16-12)10-4-2-1-3-5-10/h8-10H,1-7,13H2,(H,14,15,16). The molecule has 0 atom stereocenters. The van der Waals surface area contributed by atoms with Crippen molar-refractivity contribution in [3.63, 3.8) is 0 Å². The minimum absolute atomic E-state index is 0.605. The zero-order valence-electron chi connectivity index (χ0n) is 9.65. The number of nitrogens with zero attached hydrogens (tertiary/aromatic N) is 2. The molecular formula is C12H20N4. The summed E-state index contributed by atoms with van der Waals surface area (Å²) in [5, 5.41) is 3.08. The van der Waals surface area contributed by atoms with E-state index in [1.807, 2.05) is 12.4 Å². The van der Waals surface area contributed by atoms with Gasteiger partial charge in [0.25, 0.3) is 0 Å². The molecule has 1 fully saturated rings. The number of hydrogen-bond donors (Lipinski definition) is 2. The summed E-state index contributed by atoms with van der Waals surface area (Å²) >= 11 is 0. The molecule has 0 bridgehead atoms. The van der Waals surface area contributed by atoms with Gasteiger partial charge < -0.3 is 11.1 Å². The van der Waals surface area contributed by atoms with Crippen molar-refractivity contribution in [2.24, 2.45) is 5.73 Å². The van der Waals surface area contributed by atoms with E-state index in [-0.39, 0.29) is 0 Å². The first-order valence-electron chi connectivity index (χ1n) is 6.16. The van der Waals surface area contributed by atoms with Gasteiger partial charge >= 0.3 is 0 Å². The highest BCUT2D eigenvalue weighted by Gasteiger charge is 2.15. The van der Waals surface area contributed by atoms with Gasteiger partial charge in [-0.15, -0.1) is 0 Å². The Kier molecular flexibility index (Phi) is 4.10. The molecule has 1 aromatic heterocycles. The molecule has 1 saturated carbocycles. The third kappa shape index (κ3) is 2.92. The molecule has 3 N–H and O–H groups in total. The number of nitrogens with two attached hydrogens (primary N) is 1. The Morgan fingerprint density at radius 2 is 1.88 bits per heavy atom. The second kappa shape index (κ2) is 5.80. The predicted molar refractivity (Wildman–Crippen MR) is 65.4 cm³/mol. The van der Waals surface area contributed by atoms with Crippen LogP contribution >= 0.6 is 0 Å². The molecule has 1 heterocycles. The predicted octanol–water partition coefficient (Wildman–Crippen LogP) is 1.89. The van der Waals surface area contributed by atoms with Gasteiger partial charge in [0.2, 0.25) is 5.95 Å². The van der Waals surface area contributed by atoms with E-state index in [9.17, 15) is 0 Å². The van der Waals surface area contributed by atoms with Crippen molar-refractivity contribution < 1.29 is 0 Å². The summed E-state index contributed by atoms with van der Waals surface area (Å²) < 4.78 is 0. The fraction of sp³-hybridized carbons (Fsp3) is 0.667. The van der Waals surface area contributed by atoms with Gasteiger partial charge in [0.05, 0.1) is 0 Å². The SMILES string of the molecule is NCCNc1ncc(C2CCCCC2)cn1. The highest BCUT2D eigenvalue weighted by Crippen LogP contribution is 2.31. The first-order valence-corrected chi connectivity index (χ1v) is 6.16. The molecule has 0 saturated heterocycles. The zero-order chi connectivity index (χ0) is 11.2. The molecule has 4 heteroatoms. The maximum atomic E-state index is 5.41. The molecule has 16 heavy (non-hydrogen) atoms. The summed E-state index contributed by atoms with van der Waals surface area (Å²) in [7, 11) is 0. The topological polar surface area (TPSA) is 63.8 Å². The van der Waals surface area contributed by atoms with Crippen molar-refractivity contribution in [1.82, 2.24) is 9.97 Å². The summed E-state index contributed by atoms with van der Waals surface area (Å²) in [6.45, 7) is 1.33. The molecule has 4 nitrogen and oxygen atoms in total. The van der Waals surface area contributed by atoms with Gasteiger partial charge in [0, 0.05) is 25.5 Å². The molecule has 88 valence electrons. The molecule has 0 spiro atoms. The van der Waals surface area contributed by atoms with Crippen molar-refractivity contribution in [1.29, 1.82) is 0 Å². The summed E-state index contributed by atoms with van der Waals surface area (Å²) in [6, 6.07) is 0. The third-order valence-electron chi connectivity index (χ3n) is 3.18. The van der Waals surface area contributed by atoms with Crippen molar-refractivity contribution in [3.05, 3.63) is 18.0 Å². The lowest BCUT2D eigenvalue weighted by molar-refractivity contribution is 0.442. The Balaban J connectivity index is 1.95. The molecule has 0 amide bonds. The van der Waals surface area contributed by atoms with Gasteiger partial charge in [-0.2, -0.15) is 0 Å². The lowest BCUT2D eigenvalue weighted by Crippen LogP contribution is -2.15. The van der Waals surface area contributed by atoms with Gasteiger partial charge in [-0.1, -0.05) is 19.3 Å². The Labute approximate surface area is 96.7 Å². The van der Waals surface area contributed by atoms with Crippen LogP contribution in [0.3, 0.4) is 0 Å². The fourth-order valence-electron chi connectivity index (χ4n) is 2.26. The van der Waals surface area contributed by atoms with Crippen LogP contribution in [-0.2, 0) is 0 Å². The van der Waals surface area contributed by atoms with Gasteiger partial charge in [-0.3, -0.25) is 0 Å². The summed E-state index contributed by atoms with van der Waals surface area (Å²) in [5.74, 6) is 1.36. The Morgan fingerprint density at radius 3 is 2.50 bits per heavy atom. The molecule has 0 aromatic carbocycles. The van der Waals surface area contributed by atoms with E-state index in [2.05, 4.69) is 15.3 Å². The summed E-state index contributed by atoms with van der Waals surface area (Å²) in [6.07, 6.45) is 10.6. The Morgan fingerprint density at radius 1 is 1.19 bits per heavy atom. The molecule has 1 aromatic rings. The molecular weight excluding hydrogens is 200 g/mol. The lowest BCUT2D eigenvalue weighted by Gasteiger charge is -2.21. The second-order valence-corrected chi connectivity index (χ2v) is 4.39. The lowest BCUT2D eigenvalue weighted by atomic mass is 9.85. The third-order valence-corrected chi connectivity index (χ3v) is 3.18. The van der Waals surface area contributed by atoms with Crippen molar-refractivity contribution in [2.75, 3.05) is 18.4 Å². The summed E-state index contributed by atoms with van der Waals surface area (Å²) in [4.78, 5) is 8.63. The summed E-state index contributed by atoms with van der Waals surface area (Å²) in [5.41, 5.74) is 6.69. The van der Waals surface area contributed by atoms with Crippen LogP contribution in [0.2, 0.25) is 0 Å². The van der Waals surface area contributed by atoms with E-state index in [1.165, 1.54) is 37.7 Å². The average Bonchev–Trinajstić information content (AvgIpc) is 2.38. The van der Waals surface area contributed by atoms with Gasteiger partial charge in [-0.25, -0.2) is 9.97 Å². The number of aromatic nitrogens is 2. The average molecular weight is 220 g/mol. The van der Waals surface area contributed by atoms with Crippen LogP contribution in [0.15, 0.2) is 12.4 Å². The first kappa shape index (κ1) is 11.3. The van der Waals surface area contributed by atoms with E-state index in [0.717, 1.165) is 6.54 Å². The molecule has 0 unspecified atom stereocenters. The minimum Gasteiger partial charge on any atom is -0.353 e. The maximum absolute atomic E-state index is 5.41. The van der Waals surface area contributed by atoms with Crippen LogP contribution in [-0.4, -0.2) is 23.1 Å². The van der Waals surface area contributed by atoms with Gasteiger partial charge in [0.1, 0.15) is 0 Å². The van der Waals surface area contributed by atoms with E-state index in [0.29, 0.717) is 18.4 Å². The van der Waals surface area contributed by atoms with Crippen LogP contribution in [0.4, 0.5) is 5.95 Å². The smallest absolute Gasteiger partial charge is 0.222 e. The van der Waals surface area contributed by atoms with Crippen molar-refractivity contribution >= 4 is 5.95 Å². The van der Waals surface area contributed by atoms with E-state index < -0.39 is 0 Å². The number of rotatable bonds is 4. The zero-order valence-corrected chi connectivity index (χ0v) is 9.65. The highest BCUT2D eigenvalue weighted by molar-refractivity contribution is 5.26. The van der Waals surface area contributed by atoms with E-state index in [1.54, 1.807) is 0 Å². The van der Waals surface area contributed by atoms with Crippen LogP contribution in [0.1, 0.15) is 43.6 Å². The monoisotopic (exact) mass is 220 g/mol. The largest absolute Gasteiger partial charge is 0.353 e. The maximum Gasteiger partial charge on any atom is 0.222 e. The van der Waals surface area contributed by atoms with Crippen molar-refractivity contribution in [3.8, 4) is 0 Å². The van der Waals surface area contributed by atoms with Crippen LogP contribution < -0.4 is 11.1 Å². The normalized spacial score (nSPS) is 17.3. The van der Waals surface area contributed by atoms with Gasteiger partial charge in [-0.05, 0) is 24.3 Å². The highest BCUT2D eigenvalue weighted by atomic mass is 15.1. The van der Waals surface area contributed by atoms with E-state index >= 15 is 0 Å². The van der Waals surface area contributed by atoms with E-state index in [4.69, 9.17) is 5.73 Å². The quantitative estimate of drug-likeness (QED) is 0.813. The fourth-order valence-corrected chi connectivity index (χ4v) is 2.26.